The fourth-order valence-corrected chi connectivity index (χ4v) is 2.47. The SMILES string of the molecule is CCn1cc(CN2CCC(C(=O)O)(C(F)(F)F)C2)cn1. The minimum atomic E-state index is -4.73. The van der Waals surface area contributed by atoms with Gasteiger partial charge in [-0.25, -0.2) is 0 Å². The maximum Gasteiger partial charge on any atom is 0.406 e. The van der Waals surface area contributed by atoms with E-state index in [1.807, 2.05) is 6.92 Å². The van der Waals surface area contributed by atoms with Crippen LogP contribution in [0.2, 0.25) is 0 Å². The molecule has 1 aromatic rings. The lowest BCUT2D eigenvalue weighted by atomic mass is 9.86. The smallest absolute Gasteiger partial charge is 0.406 e. The van der Waals surface area contributed by atoms with Crippen molar-refractivity contribution in [3.63, 3.8) is 0 Å². The zero-order valence-corrected chi connectivity index (χ0v) is 11.0. The lowest BCUT2D eigenvalue weighted by Gasteiger charge is -2.27. The number of carboxylic acid groups (broad SMARTS) is 1. The van der Waals surface area contributed by atoms with E-state index < -0.39 is 30.5 Å². The van der Waals surface area contributed by atoms with Crippen LogP contribution in [-0.2, 0) is 17.9 Å². The molecular weight excluding hydrogens is 275 g/mol. The number of aryl methyl sites for hydroxylation is 1. The van der Waals surface area contributed by atoms with E-state index >= 15 is 0 Å². The molecule has 0 bridgehead atoms. The van der Waals surface area contributed by atoms with Crippen LogP contribution in [0.4, 0.5) is 13.2 Å². The Morgan fingerprint density at radius 1 is 1.55 bits per heavy atom. The van der Waals surface area contributed by atoms with E-state index in [1.165, 1.54) is 4.90 Å². The van der Waals surface area contributed by atoms with E-state index in [0.717, 1.165) is 5.56 Å². The number of carbonyl (C=O) groups is 1. The second-order valence-electron chi connectivity index (χ2n) is 5.05. The largest absolute Gasteiger partial charge is 0.481 e. The summed E-state index contributed by atoms with van der Waals surface area (Å²) in [5.41, 5.74) is -1.86. The summed E-state index contributed by atoms with van der Waals surface area (Å²) in [6, 6.07) is 0. The Kier molecular flexibility index (Phi) is 3.77. The first-order valence-electron chi connectivity index (χ1n) is 6.32. The lowest BCUT2D eigenvalue weighted by Crippen LogP contribution is -2.47. The molecule has 20 heavy (non-hydrogen) atoms. The van der Waals surface area contributed by atoms with Crippen molar-refractivity contribution >= 4 is 5.97 Å². The molecule has 1 fully saturated rings. The molecule has 0 aromatic carbocycles. The van der Waals surface area contributed by atoms with E-state index in [1.54, 1.807) is 17.1 Å². The summed E-state index contributed by atoms with van der Waals surface area (Å²) in [7, 11) is 0. The van der Waals surface area contributed by atoms with Gasteiger partial charge in [0.15, 0.2) is 5.41 Å². The number of alkyl halides is 3. The Morgan fingerprint density at radius 2 is 2.25 bits per heavy atom. The highest BCUT2D eigenvalue weighted by Crippen LogP contribution is 2.45. The Labute approximate surface area is 114 Å². The lowest BCUT2D eigenvalue weighted by molar-refractivity contribution is -0.227. The molecule has 0 amide bonds. The highest BCUT2D eigenvalue weighted by Gasteiger charge is 2.63. The molecule has 1 aromatic heterocycles. The van der Waals surface area contributed by atoms with Crippen molar-refractivity contribution in [1.82, 2.24) is 14.7 Å². The highest BCUT2D eigenvalue weighted by molar-refractivity contribution is 5.76. The number of hydrogen-bond acceptors (Lipinski definition) is 3. The predicted molar refractivity (Wildman–Crippen MR) is 63.9 cm³/mol. The molecule has 0 aliphatic carbocycles. The van der Waals surface area contributed by atoms with Gasteiger partial charge in [0.1, 0.15) is 0 Å². The minimum absolute atomic E-state index is 0.114. The summed E-state index contributed by atoms with van der Waals surface area (Å²) in [6.07, 6.45) is -1.79. The molecule has 1 aliphatic heterocycles. The van der Waals surface area contributed by atoms with Crippen LogP contribution in [0.15, 0.2) is 12.4 Å². The van der Waals surface area contributed by atoms with Crippen molar-refractivity contribution in [1.29, 1.82) is 0 Å². The van der Waals surface area contributed by atoms with Gasteiger partial charge < -0.3 is 5.11 Å². The fraction of sp³-hybridized carbons (Fsp3) is 0.667. The van der Waals surface area contributed by atoms with Gasteiger partial charge in [0.25, 0.3) is 0 Å². The summed E-state index contributed by atoms with van der Waals surface area (Å²) < 4.78 is 40.7. The first-order chi connectivity index (χ1) is 9.28. The Balaban J connectivity index is 2.09. The van der Waals surface area contributed by atoms with Gasteiger partial charge in [-0.1, -0.05) is 0 Å². The number of aromatic nitrogens is 2. The topological polar surface area (TPSA) is 58.4 Å². The molecule has 1 unspecified atom stereocenters. The average molecular weight is 291 g/mol. The molecule has 112 valence electrons. The number of hydrogen-bond donors (Lipinski definition) is 1. The van der Waals surface area contributed by atoms with Crippen LogP contribution in [0, 0.1) is 5.41 Å². The van der Waals surface area contributed by atoms with Crippen LogP contribution in [0.25, 0.3) is 0 Å². The van der Waals surface area contributed by atoms with Crippen LogP contribution >= 0.6 is 0 Å². The number of nitrogens with zero attached hydrogens (tertiary/aromatic N) is 3. The first-order valence-corrected chi connectivity index (χ1v) is 6.32. The third-order valence-corrected chi connectivity index (χ3v) is 3.72. The molecular formula is C12H16F3N3O2. The van der Waals surface area contributed by atoms with Crippen molar-refractivity contribution in [3.8, 4) is 0 Å². The Hall–Kier alpha value is -1.57. The van der Waals surface area contributed by atoms with Gasteiger partial charge in [0, 0.05) is 37.9 Å². The minimum Gasteiger partial charge on any atom is -0.481 e. The van der Waals surface area contributed by atoms with E-state index in [4.69, 9.17) is 5.11 Å². The average Bonchev–Trinajstić information content (AvgIpc) is 2.95. The van der Waals surface area contributed by atoms with Gasteiger partial charge >= 0.3 is 12.1 Å². The molecule has 1 saturated heterocycles. The molecule has 0 radical (unpaired) electrons. The van der Waals surface area contributed by atoms with E-state index in [9.17, 15) is 18.0 Å². The van der Waals surface area contributed by atoms with Crippen molar-refractivity contribution in [2.24, 2.45) is 5.41 Å². The fourth-order valence-electron chi connectivity index (χ4n) is 2.47. The zero-order chi connectivity index (χ0) is 15.0. The van der Waals surface area contributed by atoms with Gasteiger partial charge in [-0.2, -0.15) is 18.3 Å². The quantitative estimate of drug-likeness (QED) is 0.918. The number of carboxylic acids is 1. The van der Waals surface area contributed by atoms with Crippen molar-refractivity contribution in [2.75, 3.05) is 13.1 Å². The van der Waals surface area contributed by atoms with E-state index in [2.05, 4.69) is 5.10 Å². The Morgan fingerprint density at radius 3 is 2.70 bits per heavy atom. The van der Waals surface area contributed by atoms with Gasteiger partial charge in [-0.15, -0.1) is 0 Å². The maximum atomic E-state index is 13.0. The van der Waals surface area contributed by atoms with Gasteiger partial charge in [-0.05, 0) is 13.3 Å². The van der Waals surface area contributed by atoms with E-state index in [0.29, 0.717) is 6.54 Å². The van der Waals surface area contributed by atoms with Crippen LogP contribution in [0.1, 0.15) is 18.9 Å². The third kappa shape index (κ3) is 2.52. The van der Waals surface area contributed by atoms with Crippen molar-refractivity contribution in [3.05, 3.63) is 18.0 Å². The molecule has 1 atom stereocenters. The maximum absolute atomic E-state index is 13.0. The van der Waals surface area contributed by atoms with Crippen LogP contribution in [0.3, 0.4) is 0 Å². The van der Waals surface area contributed by atoms with Crippen molar-refractivity contribution < 1.29 is 23.1 Å². The monoisotopic (exact) mass is 291 g/mol. The normalized spacial score (nSPS) is 24.2. The summed E-state index contributed by atoms with van der Waals surface area (Å²) in [4.78, 5) is 12.6. The molecule has 2 rings (SSSR count). The summed E-state index contributed by atoms with van der Waals surface area (Å²) in [6.45, 7) is 2.48. The summed E-state index contributed by atoms with van der Waals surface area (Å²) >= 11 is 0. The van der Waals surface area contributed by atoms with Crippen molar-refractivity contribution in [2.45, 2.75) is 32.6 Å². The second-order valence-corrected chi connectivity index (χ2v) is 5.05. The molecule has 8 heteroatoms. The predicted octanol–water partition coefficient (Wildman–Crippen LogP) is 1.74. The second kappa shape index (κ2) is 5.08. The molecule has 0 saturated carbocycles. The Bertz CT molecular complexity index is 500. The molecule has 2 heterocycles. The zero-order valence-electron chi connectivity index (χ0n) is 11.0. The number of likely N-dealkylation sites (tertiary alicyclic amines) is 1. The number of rotatable bonds is 4. The summed E-state index contributed by atoms with van der Waals surface area (Å²) in [5, 5.41) is 13.0. The third-order valence-electron chi connectivity index (χ3n) is 3.72. The molecule has 1 N–H and O–H groups in total. The van der Waals surface area contributed by atoms with Crippen LogP contribution < -0.4 is 0 Å². The molecule has 5 nitrogen and oxygen atoms in total. The van der Waals surface area contributed by atoms with E-state index in [-0.39, 0.29) is 13.1 Å². The van der Waals surface area contributed by atoms with Gasteiger partial charge in [-0.3, -0.25) is 14.4 Å². The molecule has 0 spiro atoms. The number of aliphatic carboxylic acids is 1. The van der Waals surface area contributed by atoms with Gasteiger partial charge in [0.2, 0.25) is 0 Å². The van der Waals surface area contributed by atoms with Crippen LogP contribution in [-0.4, -0.2) is 45.0 Å². The van der Waals surface area contributed by atoms with Crippen LogP contribution in [0.5, 0.6) is 0 Å². The molecule has 1 aliphatic rings. The summed E-state index contributed by atoms with van der Waals surface area (Å²) in [5.74, 6) is -1.79. The first kappa shape index (κ1) is 14.8. The highest BCUT2D eigenvalue weighted by atomic mass is 19.4. The van der Waals surface area contributed by atoms with Gasteiger partial charge in [0.05, 0.1) is 6.20 Å². The standard InChI is InChI=1S/C12H16F3N3O2/c1-2-18-7-9(5-16-18)6-17-4-3-11(8-17,10(19)20)12(13,14)15/h5,7H,2-4,6,8H2,1H3,(H,19,20). The number of halogens is 3.